The molecule has 0 aliphatic carbocycles. The first-order valence-corrected chi connectivity index (χ1v) is 6.52. The topological polar surface area (TPSA) is 29.1 Å². The Labute approximate surface area is 114 Å². The molecule has 2 nitrogen and oxygen atoms in total. The highest BCUT2D eigenvalue weighted by molar-refractivity contribution is 5.99. The summed E-state index contributed by atoms with van der Waals surface area (Å²) in [5.41, 5.74) is 4.17. The Morgan fingerprint density at radius 3 is 2.53 bits per heavy atom. The predicted molar refractivity (Wildman–Crippen MR) is 78.4 cm³/mol. The van der Waals surface area contributed by atoms with Crippen LogP contribution in [0.25, 0.3) is 0 Å². The average Bonchev–Trinajstić information content (AvgIpc) is 2.42. The third kappa shape index (κ3) is 3.76. The van der Waals surface area contributed by atoms with Gasteiger partial charge in [-0.2, -0.15) is 0 Å². The van der Waals surface area contributed by atoms with E-state index in [0.29, 0.717) is 6.54 Å². The second-order valence-corrected chi connectivity index (χ2v) is 4.83. The normalized spacial score (nSPS) is 10.4. The van der Waals surface area contributed by atoms with Crippen LogP contribution in [0, 0.1) is 13.8 Å². The van der Waals surface area contributed by atoms with E-state index < -0.39 is 0 Å². The number of carbonyl (C=O) groups is 1. The van der Waals surface area contributed by atoms with Crippen molar-refractivity contribution in [2.24, 2.45) is 0 Å². The standard InChI is InChI=1S/C17H19NO/c1-13-8-9-14(2)16(10-13)17(19)12-18-11-15-6-4-3-5-7-15/h3-10,18H,11-12H2,1-2H3. The number of hydrogen-bond donors (Lipinski definition) is 1. The molecule has 2 aromatic rings. The maximum absolute atomic E-state index is 12.1. The molecule has 98 valence electrons. The molecule has 0 saturated carbocycles. The third-order valence-corrected chi connectivity index (χ3v) is 3.15. The lowest BCUT2D eigenvalue weighted by Crippen LogP contribution is -2.23. The SMILES string of the molecule is Cc1ccc(C)c(C(=O)CNCc2ccccc2)c1. The molecular formula is C17H19NO. The first kappa shape index (κ1) is 13.5. The zero-order valence-electron chi connectivity index (χ0n) is 11.4. The number of rotatable bonds is 5. The minimum atomic E-state index is 0.150. The summed E-state index contributed by atoms with van der Waals surface area (Å²) in [6.07, 6.45) is 0. The fourth-order valence-corrected chi connectivity index (χ4v) is 2.05. The molecule has 0 spiro atoms. The van der Waals surface area contributed by atoms with Crippen LogP contribution in [0.15, 0.2) is 48.5 Å². The molecule has 0 unspecified atom stereocenters. The molecule has 0 amide bonds. The zero-order chi connectivity index (χ0) is 13.7. The average molecular weight is 253 g/mol. The van der Waals surface area contributed by atoms with E-state index in [-0.39, 0.29) is 5.78 Å². The molecule has 2 aromatic carbocycles. The largest absolute Gasteiger partial charge is 0.306 e. The minimum absolute atomic E-state index is 0.150. The van der Waals surface area contributed by atoms with Gasteiger partial charge in [-0.1, -0.05) is 48.0 Å². The van der Waals surface area contributed by atoms with Crippen molar-refractivity contribution in [1.29, 1.82) is 0 Å². The molecule has 2 rings (SSSR count). The van der Waals surface area contributed by atoms with E-state index in [2.05, 4.69) is 17.4 Å². The van der Waals surface area contributed by atoms with E-state index in [1.165, 1.54) is 5.56 Å². The Bertz CT molecular complexity index is 561. The van der Waals surface area contributed by atoms with Crippen LogP contribution in [0.5, 0.6) is 0 Å². The summed E-state index contributed by atoms with van der Waals surface area (Å²) in [6, 6.07) is 16.1. The van der Waals surface area contributed by atoms with Gasteiger partial charge in [0.25, 0.3) is 0 Å². The van der Waals surface area contributed by atoms with Gasteiger partial charge >= 0.3 is 0 Å². The number of ketones is 1. The molecule has 0 aliphatic heterocycles. The number of carbonyl (C=O) groups excluding carboxylic acids is 1. The first-order valence-electron chi connectivity index (χ1n) is 6.52. The fraction of sp³-hybridized carbons (Fsp3) is 0.235. The van der Waals surface area contributed by atoms with Gasteiger partial charge in [0.05, 0.1) is 6.54 Å². The van der Waals surface area contributed by atoms with Crippen LogP contribution in [0.2, 0.25) is 0 Å². The van der Waals surface area contributed by atoms with Crippen LogP contribution in [0.4, 0.5) is 0 Å². The van der Waals surface area contributed by atoms with E-state index >= 15 is 0 Å². The quantitative estimate of drug-likeness (QED) is 0.829. The van der Waals surface area contributed by atoms with Gasteiger partial charge < -0.3 is 5.32 Å². The summed E-state index contributed by atoms with van der Waals surface area (Å²) in [5.74, 6) is 0.150. The molecule has 0 radical (unpaired) electrons. The van der Waals surface area contributed by atoms with Crippen molar-refractivity contribution in [2.45, 2.75) is 20.4 Å². The second-order valence-electron chi connectivity index (χ2n) is 4.83. The van der Waals surface area contributed by atoms with Gasteiger partial charge in [-0.3, -0.25) is 4.79 Å². The first-order chi connectivity index (χ1) is 9.16. The Hall–Kier alpha value is -1.93. The molecule has 0 aliphatic rings. The van der Waals surface area contributed by atoms with Crippen molar-refractivity contribution >= 4 is 5.78 Å². The van der Waals surface area contributed by atoms with Crippen molar-refractivity contribution in [3.8, 4) is 0 Å². The predicted octanol–water partition coefficient (Wildman–Crippen LogP) is 3.28. The van der Waals surface area contributed by atoms with Crippen molar-refractivity contribution in [1.82, 2.24) is 5.32 Å². The van der Waals surface area contributed by atoms with Crippen LogP contribution in [0.1, 0.15) is 27.0 Å². The number of benzene rings is 2. The van der Waals surface area contributed by atoms with Crippen molar-refractivity contribution in [3.63, 3.8) is 0 Å². The highest BCUT2D eigenvalue weighted by Gasteiger charge is 2.08. The van der Waals surface area contributed by atoms with Crippen LogP contribution >= 0.6 is 0 Å². The molecule has 1 N–H and O–H groups in total. The molecule has 0 bridgehead atoms. The van der Waals surface area contributed by atoms with E-state index in [1.807, 2.05) is 50.2 Å². The third-order valence-electron chi connectivity index (χ3n) is 3.15. The lowest BCUT2D eigenvalue weighted by Gasteiger charge is -2.07. The second kappa shape index (κ2) is 6.30. The Balaban J connectivity index is 1.93. The molecule has 0 saturated heterocycles. The lowest BCUT2D eigenvalue weighted by atomic mass is 10.0. The number of Topliss-reactive ketones (excluding diaryl/α,β-unsaturated/α-hetero) is 1. The summed E-state index contributed by atoms with van der Waals surface area (Å²) in [4.78, 5) is 12.1. The molecule has 0 aromatic heterocycles. The Kier molecular flexibility index (Phi) is 4.48. The summed E-state index contributed by atoms with van der Waals surface area (Å²) in [7, 11) is 0. The van der Waals surface area contributed by atoms with Crippen LogP contribution in [-0.4, -0.2) is 12.3 Å². The highest BCUT2D eigenvalue weighted by atomic mass is 16.1. The van der Waals surface area contributed by atoms with Crippen LogP contribution in [0.3, 0.4) is 0 Å². The smallest absolute Gasteiger partial charge is 0.176 e. The van der Waals surface area contributed by atoms with Crippen molar-refractivity contribution < 1.29 is 4.79 Å². The molecule has 19 heavy (non-hydrogen) atoms. The van der Waals surface area contributed by atoms with Crippen molar-refractivity contribution in [2.75, 3.05) is 6.54 Å². The highest BCUT2D eigenvalue weighted by Crippen LogP contribution is 2.11. The zero-order valence-corrected chi connectivity index (χ0v) is 11.4. The van der Waals surface area contributed by atoms with E-state index in [1.54, 1.807) is 0 Å². The van der Waals surface area contributed by atoms with Gasteiger partial charge in [0.15, 0.2) is 5.78 Å². The van der Waals surface area contributed by atoms with Gasteiger partial charge in [-0.15, -0.1) is 0 Å². The van der Waals surface area contributed by atoms with Gasteiger partial charge in [0.1, 0.15) is 0 Å². The van der Waals surface area contributed by atoms with Gasteiger partial charge in [-0.25, -0.2) is 0 Å². The Morgan fingerprint density at radius 1 is 1.05 bits per heavy atom. The molecule has 0 atom stereocenters. The molecule has 0 fully saturated rings. The van der Waals surface area contributed by atoms with Crippen molar-refractivity contribution in [3.05, 3.63) is 70.8 Å². The van der Waals surface area contributed by atoms with Gasteiger partial charge in [0.2, 0.25) is 0 Å². The van der Waals surface area contributed by atoms with Crippen LogP contribution < -0.4 is 5.32 Å². The van der Waals surface area contributed by atoms with Gasteiger partial charge in [0, 0.05) is 12.1 Å². The summed E-state index contributed by atoms with van der Waals surface area (Å²) in [6.45, 7) is 5.08. The minimum Gasteiger partial charge on any atom is -0.306 e. The van der Waals surface area contributed by atoms with E-state index in [9.17, 15) is 4.79 Å². The maximum atomic E-state index is 12.1. The summed E-state index contributed by atoms with van der Waals surface area (Å²) < 4.78 is 0. The van der Waals surface area contributed by atoms with Gasteiger partial charge in [-0.05, 0) is 31.0 Å². The maximum Gasteiger partial charge on any atom is 0.176 e. The molecule has 0 heterocycles. The van der Waals surface area contributed by atoms with Crippen LogP contribution in [-0.2, 0) is 6.54 Å². The number of aryl methyl sites for hydroxylation is 2. The van der Waals surface area contributed by atoms with E-state index in [4.69, 9.17) is 0 Å². The van der Waals surface area contributed by atoms with E-state index in [0.717, 1.165) is 23.2 Å². The number of hydrogen-bond acceptors (Lipinski definition) is 2. The lowest BCUT2D eigenvalue weighted by molar-refractivity contribution is 0.0990. The molecule has 2 heteroatoms. The summed E-state index contributed by atoms with van der Waals surface area (Å²) in [5, 5.41) is 3.20. The number of nitrogens with one attached hydrogen (secondary N) is 1. The molecular weight excluding hydrogens is 234 g/mol. The monoisotopic (exact) mass is 253 g/mol. The Morgan fingerprint density at radius 2 is 1.79 bits per heavy atom. The summed E-state index contributed by atoms with van der Waals surface area (Å²) >= 11 is 0. The fourth-order valence-electron chi connectivity index (χ4n) is 2.05.